The molecular weight excluding hydrogens is 270 g/mol. The maximum absolute atomic E-state index is 11.6. The molecule has 1 rings (SSSR count). The van der Waals surface area contributed by atoms with E-state index in [4.69, 9.17) is 5.11 Å². The van der Waals surface area contributed by atoms with E-state index >= 15 is 0 Å². The Balaban J connectivity index is 2.27. The number of amides is 3. The Kier molecular flexibility index (Phi) is 6.48. The Morgan fingerprint density at radius 1 is 1.58 bits per heavy atom. The smallest absolute Gasteiger partial charge is 0.326 e. The Morgan fingerprint density at radius 3 is 2.84 bits per heavy atom. The summed E-state index contributed by atoms with van der Waals surface area (Å²) in [6.07, 6.45) is 3.42. The molecule has 8 heteroatoms. The van der Waals surface area contributed by atoms with Crippen LogP contribution >= 0.6 is 11.8 Å². The first-order chi connectivity index (χ1) is 9.02. The van der Waals surface area contributed by atoms with Crippen LogP contribution in [0.3, 0.4) is 0 Å². The van der Waals surface area contributed by atoms with Gasteiger partial charge in [0.15, 0.2) is 0 Å². The summed E-state index contributed by atoms with van der Waals surface area (Å²) in [5.41, 5.74) is 0. The molecule has 2 atom stereocenters. The molecule has 108 valence electrons. The van der Waals surface area contributed by atoms with Crippen LogP contribution in [0.5, 0.6) is 0 Å². The normalized spacial score (nSPS) is 19.6. The van der Waals surface area contributed by atoms with E-state index in [-0.39, 0.29) is 11.9 Å². The molecule has 3 amide bonds. The van der Waals surface area contributed by atoms with E-state index in [2.05, 4.69) is 16.0 Å². The van der Waals surface area contributed by atoms with Crippen molar-refractivity contribution in [1.29, 1.82) is 0 Å². The Labute approximate surface area is 115 Å². The van der Waals surface area contributed by atoms with E-state index in [0.29, 0.717) is 31.6 Å². The van der Waals surface area contributed by atoms with Gasteiger partial charge in [0.05, 0.1) is 0 Å². The molecule has 2 unspecified atom stereocenters. The molecule has 7 nitrogen and oxygen atoms in total. The van der Waals surface area contributed by atoms with E-state index in [1.807, 2.05) is 6.26 Å². The number of hydrogen-bond donors (Lipinski definition) is 4. The number of carbonyl (C=O) groups is 3. The predicted octanol–water partition coefficient (Wildman–Crippen LogP) is -0.229. The van der Waals surface area contributed by atoms with Crippen LogP contribution in [0.25, 0.3) is 0 Å². The van der Waals surface area contributed by atoms with Crippen molar-refractivity contribution in [3.05, 3.63) is 0 Å². The fraction of sp³-hybridized carbons (Fsp3) is 0.727. The molecule has 1 aliphatic rings. The van der Waals surface area contributed by atoms with Crippen molar-refractivity contribution >= 4 is 29.7 Å². The van der Waals surface area contributed by atoms with Crippen molar-refractivity contribution in [2.45, 2.75) is 31.3 Å². The standard InChI is InChI=1S/C11H19N3O4S/c1-19-5-4-8(10(16)17)14-11(18)12-6-7-2-3-9(15)13-7/h7-8H,2-6H2,1H3,(H,13,15)(H,16,17)(H2,12,14,18). The van der Waals surface area contributed by atoms with Gasteiger partial charge in [0.25, 0.3) is 0 Å². The quantitative estimate of drug-likeness (QED) is 0.518. The SMILES string of the molecule is CSCCC(NC(=O)NCC1CCC(=O)N1)C(=O)O. The van der Waals surface area contributed by atoms with E-state index in [1.54, 1.807) is 0 Å². The lowest BCUT2D eigenvalue weighted by atomic mass is 10.2. The molecule has 0 spiro atoms. The topological polar surface area (TPSA) is 108 Å². The summed E-state index contributed by atoms with van der Waals surface area (Å²) >= 11 is 1.53. The molecule has 1 fully saturated rings. The number of carboxylic acid groups (broad SMARTS) is 1. The van der Waals surface area contributed by atoms with Crippen molar-refractivity contribution in [3.8, 4) is 0 Å². The first-order valence-corrected chi connectivity index (χ1v) is 7.47. The lowest BCUT2D eigenvalue weighted by Gasteiger charge is -2.16. The fourth-order valence-electron chi connectivity index (χ4n) is 1.75. The van der Waals surface area contributed by atoms with Crippen molar-refractivity contribution < 1.29 is 19.5 Å². The van der Waals surface area contributed by atoms with Gasteiger partial charge < -0.3 is 21.1 Å². The molecule has 0 bridgehead atoms. The van der Waals surface area contributed by atoms with Gasteiger partial charge in [-0.3, -0.25) is 4.79 Å². The van der Waals surface area contributed by atoms with Gasteiger partial charge in [0, 0.05) is 19.0 Å². The summed E-state index contributed by atoms with van der Waals surface area (Å²) in [5, 5.41) is 16.7. The number of hydrogen-bond acceptors (Lipinski definition) is 4. The summed E-state index contributed by atoms with van der Waals surface area (Å²) < 4.78 is 0. The average molecular weight is 289 g/mol. The fourth-order valence-corrected chi connectivity index (χ4v) is 2.22. The van der Waals surface area contributed by atoms with Crippen LogP contribution in [0.1, 0.15) is 19.3 Å². The number of rotatable bonds is 7. The van der Waals surface area contributed by atoms with Crippen LogP contribution in [0.2, 0.25) is 0 Å². The van der Waals surface area contributed by atoms with Crippen molar-refractivity contribution in [2.24, 2.45) is 0 Å². The van der Waals surface area contributed by atoms with Crippen LogP contribution in [-0.4, -0.2) is 53.7 Å². The summed E-state index contributed by atoms with van der Waals surface area (Å²) in [6.45, 7) is 0.312. The number of urea groups is 1. The highest BCUT2D eigenvalue weighted by atomic mass is 32.2. The molecule has 4 N–H and O–H groups in total. The molecular formula is C11H19N3O4S. The van der Waals surface area contributed by atoms with Gasteiger partial charge in [-0.1, -0.05) is 0 Å². The highest BCUT2D eigenvalue weighted by Gasteiger charge is 2.22. The van der Waals surface area contributed by atoms with Gasteiger partial charge in [-0.15, -0.1) is 0 Å². The van der Waals surface area contributed by atoms with Crippen LogP contribution in [0.15, 0.2) is 0 Å². The molecule has 19 heavy (non-hydrogen) atoms. The third-order valence-corrected chi connectivity index (χ3v) is 3.45. The minimum Gasteiger partial charge on any atom is -0.480 e. The monoisotopic (exact) mass is 289 g/mol. The molecule has 0 aromatic heterocycles. The Bertz CT molecular complexity index is 351. The molecule has 0 aromatic carbocycles. The number of thioether (sulfide) groups is 1. The molecule has 1 aliphatic heterocycles. The Morgan fingerprint density at radius 2 is 2.32 bits per heavy atom. The first kappa shape index (κ1) is 15.6. The van der Waals surface area contributed by atoms with Gasteiger partial charge in [-0.25, -0.2) is 9.59 Å². The third kappa shape index (κ3) is 5.82. The highest BCUT2D eigenvalue weighted by Crippen LogP contribution is 2.05. The zero-order valence-corrected chi connectivity index (χ0v) is 11.6. The van der Waals surface area contributed by atoms with Crippen LogP contribution in [0.4, 0.5) is 4.79 Å². The largest absolute Gasteiger partial charge is 0.480 e. The summed E-state index contributed by atoms with van der Waals surface area (Å²) in [4.78, 5) is 33.5. The van der Waals surface area contributed by atoms with E-state index < -0.39 is 18.0 Å². The van der Waals surface area contributed by atoms with Crippen molar-refractivity contribution in [1.82, 2.24) is 16.0 Å². The molecule has 1 heterocycles. The number of nitrogens with one attached hydrogen (secondary N) is 3. The minimum atomic E-state index is -1.04. The molecule has 0 aliphatic carbocycles. The maximum Gasteiger partial charge on any atom is 0.326 e. The third-order valence-electron chi connectivity index (χ3n) is 2.81. The molecule has 0 saturated carbocycles. The van der Waals surface area contributed by atoms with Gasteiger partial charge >= 0.3 is 12.0 Å². The lowest BCUT2D eigenvalue weighted by Crippen LogP contribution is -2.49. The first-order valence-electron chi connectivity index (χ1n) is 6.08. The summed E-state index contributed by atoms with van der Waals surface area (Å²) in [6, 6.07) is -1.46. The lowest BCUT2D eigenvalue weighted by molar-refractivity contribution is -0.139. The number of carboxylic acids is 1. The highest BCUT2D eigenvalue weighted by molar-refractivity contribution is 7.98. The van der Waals surface area contributed by atoms with Crippen molar-refractivity contribution in [3.63, 3.8) is 0 Å². The van der Waals surface area contributed by atoms with Gasteiger partial charge in [0.2, 0.25) is 5.91 Å². The van der Waals surface area contributed by atoms with Gasteiger partial charge in [-0.05, 0) is 24.9 Å². The van der Waals surface area contributed by atoms with E-state index in [0.717, 1.165) is 0 Å². The van der Waals surface area contributed by atoms with Crippen LogP contribution in [-0.2, 0) is 9.59 Å². The Hall–Kier alpha value is -1.44. The second-order valence-corrected chi connectivity index (χ2v) is 5.32. The van der Waals surface area contributed by atoms with Crippen molar-refractivity contribution in [2.75, 3.05) is 18.6 Å². The molecule has 0 radical (unpaired) electrons. The van der Waals surface area contributed by atoms with Crippen LogP contribution in [0, 0.1) is 0 Å². The molecule has 0 aromatic rings. The number of aliphatic carboxylic acids is 1. The minimum absolute atomic E-state index is 0.0180. The maximum atomic E-state index is 11.6. The average Bonchev–Trinajstić information content (AvgIpc) is 2.77. The van der Waals surface area contributed by atoms with Gasteiger partial charge in [-0.2, -0.15) is 11.8 Å². The number of carbonyl (C=O) groups excluding carboxylic acids is 2. The summed E-state index contributed by atoms with van der Waals surface area (Å²) in [5.74, 6) is -0.399. The zero-order valence-electron chi connectivity index (χ0n) is 10.8. The van der Waals surface area contributed by atoms with E-state index in [9.17, 15) is 14.4 Å². The van der Waals surface area contributed by atoms with Crippen LogP contribution < -0.4 is 16.0 Å². The predicted molar refractivity (Wildman–Crippen MR) is 72.1 cm³/mol. The zero-order chi connectivity index (χ0) is 14.3. The van der Waals surface area contributed by atoms with Gasteiger partial charge in [0.1, 0.15) is 6.04 Å². The summed E-state index contributed by atoms with van der Waals surface area (Å²) in [7, 11) is 0. The van der Waals surface area contributed by atoms with E-state index in [1.165, 1.54) is 11.8 Å². The second-order valence-electron chi connectivity index (χ2n) is 4.33. The molecule has 1 saturated heterocycles. The second kappa shape index (κ2) is 7.88.